The molecule has 2 rings (SSSR count). The molecule has 1 N–H and O–H groups in total. The summed E-state index contributed by atoms with van der Waals surface area (Å²) in [6.07, 6.45) is 6.57. The van der Waals surface area contributed by atoms with Gasteiger partial charge in [-0.2, -0.15) is 11.3 Å². The van der Waals surface area contributed by atoms with E-state index in [2.05, 4.69) is 21.5 Å². The summed E-state index contributed by atoms with van der Waals surface area (Å²) in [6, 6.07) is 2.10. The second-order valence-corrected chi connectivity index (χ2v) is 6.00. The van der Waals surface area contributed by atoms with Crippen LogP contribution in [0.2, 0.25) is 0 Å². The van der Waals surface area contributed by atoms with Crippen molar-refractivity contribution in [2.75, 3.05) is 0 Å². The summed E-state index contributed by atoms with van der Waals surface area (Å²) in [5, 5.41) is 5.68. The number of hydrogen-bond acceptors (Lipinski definition) is 3. The molecule has 0 atom stereocenters. The Morgan fingerprint density at radius 2 is 2.24 bits per heavy atom. The predicted octanol–water partition coefficient (Wildman–Crippen LogP) is 5.02. The maximum Gasteiger partial charge on any atom is 0.0518 e. The van der Waals surface area contributed by atoms with E-state index in [1.807, 2.05) is 18.2 Å². The molecular formula is C12H11Cl2NS2. The molecule has 1 heterocycles. The van der Waals surface area contributed by atoms with Gasteiger partial charge in [-0.25, -0.2) is 0 Å². The lowest BCUT2D eigenvalue weighted by molar-refractivity contribution is 0.987. The van der Waals surface area contributed by atoms with Crippen LogP contribution >= 0.6 is 46.5 Å². The van der Waals surface area contributed by atoms with E-state index in [1.165, 1.54) is 17.5 Å². The van der Waals surface area contributed by atoms with E-state index in [9.17, 15) is 0 Å². The zero-order chi connectivity index (χ0) is 12.1. The van der Waals surface area contributed by atoms with Crippen LogP contribution in [0.5, 0.6) is 0 Å². The summed E-state index contributed by atoms with van der Waals surface area (Å²) in [4.78, 5) is 0.959. The van der Waals surface area contributed by atoms with Gasteiger partial charge in [0.2, 0.25) is 0 Å². The fraction of sp³-hybridized carbons (Fsp3) is 0.167. The van der Waals surface area contributed by atoms with Crippen LogP contribution in [0.1, 0.15) is 12.0 Å². The maximum atomic E-state index is 6.16. The highest BCUT2D eigenvalue weighted by atomic mass is 35.5. The number of nitrogens with one attached hydrogen (secondary N) is 1. The van der Waals surface area contributed by atoms with Gasteiger partial charge in [0.25, 0.3) is 0 Å². The molecule has 1 aromatic rings. The Hall–Kier alpha value is -0.190. The second-order valence-electron chi connectivity index (χ2n) is 3.44. The van der Waals surface area contributed by atoms with Gasteiger partial charge in [0.1, 0.15) is 0 Å². The molecule has 0 saturated heterocycles. The average Bonchev–Trinajstić information content (AvgIpc) is 2.75. The molecule has 0 unspecified atom stereocenters. The average molecular weight is 304 g/mol. The molecule has 90 valence electrons. The number of rotatable bonds is 4. The highest BCUT2D eigenvalue weighted by Gasteiger charge is 2.07. The summed E-state index contributed by atoms with van der Waals surface area (Å²) in [5.41, 5.74) is 1.28. The van der Waals surface area contributed by atoms with Gasteiger partial charge in [-0.3, -0.25) is 4.72 Å². The van der Waals surface area contributed by atoms with Crippen molar-refractivity contribution in [3.05, 3.63) is 55.6 Å². The smallest absolute Gasteiger partial charge is 0.0518 e. The number of hydrogen-bond donors (Lipinski definition) is 1. The third kappa shape index (κ3) is 4.19. The largest absolute Gasteiger partial charge is 0.255 e. The van der Waals surface area contributed by atoms with Crippen molar-refractivity contribution in [2.45, 2.75) is 13.0 Å². The van der Waals surface area contributed by atoms with Gasteiger partial charge in [0.05, 0.1) is 5.03 Å². The Morgan fingerprint density at radius 1 is 1.35 bits per heavy atom. The minimum absolute atomic E-state index is 0.733. The topological polar surface area (TPSA) is 12.0 Å². The lowest BCUT2D eigenvalue weighted by Gasteiger charge is -2.06. The van der Waals surface area contributed by atoms with E-state index in [0.717, 1.165) is 27.9 Å². The van der Waals surface area contributed by atoms with E-state index in [0.29, 0.717) is 0 Å². The molecule has 0 aliphatic heterocycles. The van der Waals surface area contributed by atoms with Gasteiger partial charge >= 0.3 is 0 Å². The van der Waals surface area contributed by atoms with Crippen molar-refractivity contribution in [1.82, 2.24) is 4.72 Å². The molecule has 0 spiro atoms. The van der Waals surface area contributed by atoms with Crippen molar-refractivity contribution in [3.63, 3.8) is 0 Å². The quantitative estimate of drug-likeness (QED) is 0.784. The highest BCUT2D eigenvalue weighted by molar-refractivity contribution is 8.01. The minimum atomic E-state index is 0.733. The molecular weight excluding hydrogens is 293 g/mol. The summed E-state index contributed by atoms with van der Waals surface area (Å²) in [6.45, 7) is 0.816. The van der Waals surface area contributed by atoms with Gasteiger partial charge in [-0.15, -0.1) is 0 Å². The molecule has 0 amide bonds. The Morgan fingerprint density at radius 3 is 3.00 bits per heavy atom. The van der Waals surface area contributed by atoms with Crippen molar-refractivity contribution in [1.29, 1.82) is 0 Å². The second kappa shape index (κ2) is 6.66. The summed E-state index contributed by atoms with van der Waals surface area (Å²) >= 11 is 15.4. The molecule has 1 nitrogen and oxygen atoms in total. The molecule has 1 aliphatic carbocycles. The van der Waals surface area contributed by atoms with Crippen LogP contribution in [0.3, 0.4) is 0 Å². The molecule has 0 saturated carbocycles. The van der Waals surface area contributed by atoms with Crippen LogP contribution < -0.4 is 4.72 Å². The van der Waals surface area contributed by atoms with E-state index in [1.54, 1.807) is 11.3 Å². The summed E-state index contributed by atoms with van der Waals surface area (Å²) in [5.74, 6) is 0. The van der Waals surface area contributed by atoms with Crippen molar-refractivity contribution in [2.24, 2.45) is 0 Å². The van der Waals surface area contributed by atoms with Crippen LogP contribution in [0.15, 0.2) is 50.0 Å². The number of halogens is 2. The molecule has 1 aromatic heterocycles. The van der Waals surface area contributed by atoms with Crippen LogP contribution in [-0.4, -0.2) is 0 Å². The Balaban J connectivity index is 1.91. The maximum absolute atomic E-state index is 6.16. The highest BCUT2D eigenvalue weighted by Crippen LogP contribution is 2.30. The normalized spacial score (nSPS) is 16.0. The van der Waals surface area contributed by atoms with Gasteiger partial charge < -0.3 is 0 Å². The monoisotopic (exact) mass is 303 g/mol. The van der Waals surface area contributed by atoms with Gasteiger partial charge in [0.15, 0.2) is 0 Å². The first-order chi connectivity index (χ1) is 8.25. The lowest BCUT2D eigenvalue weighted by atomic mass is 10.4. The first kappa shape index (κ1) is 13.2. The number of allylic oxidation sites excluding steroid dienone is 5. The Labute approximate surface area is 119 Å². The van der Waals surface area contributed by atoms with Crippen LogP contribution in [0.4, 0.5) is 0 Å². The fourth-order valence-corrected chi connectivity index (χ4v) is 3.25. The van der Waals surface area contributed by atoms with Crippen LogP contribution in [-0.2, 0) is 6.54 Å². The van der Waals surface area contributed by atoms with Gasteiger partial charge in [-0.05, 0) is 46.8 Å². The van der Waals surface area contributed by atoms with E-state index in [4.69, 9.17) is 23.2 Å². The van der Waals surface area contributed by atoms with E-state index in [-0.39, 0.29) is 0 Å². The third-order valence-electron chi connectivity index (χ3n) is 2.15. The van der Waals surface area contributed by atoms with Crippen molar-refractivity contribution in [3.8, 4) is 0 Å². The minimum Gasteiger partial charge on any atom is -0.255 e. The molecule has 5 heteroatoms. The fourth-order valence-electron chi connectivity index (χ4n) is 1.30. The lowest BCUT2D eigenvalue weighted by Crippen LogP contribution is -2.02. The molecule has 1 aliphatic rings. The van der Waals surface area contributed by atoms with Crippen LogP contribution in [0, 0.1) is 0 Å². The first-order valence-electron chi connectivity index (χ1n) is 5.10. The Kier molecular flexibility index (Phi) is 5.19. The summed E-state index contributed by atoms with van der Waals surface area (Å²) in [7, 11) is 0. The van der Waals surface area contributed by atoms with E-state index >= 15 is 0 Å². The van der Waals surface area contributed by atoms with E-state index < -0.39 is 0 Å². The standard InChI is InChI=1S/C12H11Cl2NS2/c13-10-2-1-3-11(14)12(6-10)17-15-7-9-4-5-16-8-9/h2-6,8,15H,1,7H2. The zero-order valence-electron chi connectivity index (χ0n) is 8.95. The molecule has 0 bridgehead atoms. The molecule has 0 radical (unpaired) electrons. The zero-order valence-corrected chi connectivity index (χ0v) is 12.1. The van der Waals surface area contributed by atoms with Crippen molar-refractivity contribution >= 4 is 46.5 Å². The van der Waals surface area contributed by atoms with Crippen molar-refractivity contribution < 1.29 is 0 Å². The van der Waals surface area contributed by atoms with Gasteiger partial charge in [-0.1, -0.05) is 35.4 Å². The summed E-state index contributed by atoms with van der Waals surface area (Å²) < 4.78 is 3.28. The predicted molar refractivity (Wildman–Crippen MR) is 79.3 cm³/mol. The molecule has 0 fully saturated rings. The van der Waals surface area contributed by atoms with Crippen LogP contribution in [0.25, 0.3) is 0 Å². The first-order valence-corrected chi connectivity index (χ1v) is 7.61. The molecule has 17 heavy (non-hydrogen) atoms. The molecule has 0 aromatic carbocycles. The third-order valence-corrected chi connectivity index (χ3v) is 4.46. The number of thiophene rings is 1. The Bertz CT molecular complexity index is 461. The SMILES string of the molecule is ClC1=CCC=C(Cl)C(SNCc2ccsc2)=C1. The van der Waals surface area contributed by atoms with Gasteiger partial charge in [0, 0.05) is 16.5 Å².